The van der Waals surface area contributed by atoms with E-state index in [4.69, 9.17) is 38.9 Å². The first-order valence-electron chi connectivity index (χ1n) is 10.5. The highest BCUT2D eigenvalue weighted by atomic mass is 16.7. The summed E-state index contributed by atoms with van der Waals surface area (Å²) in [6.07, 6.45) is -4.48. The first kappa shape index (κ1) is 28.7. The van der Waals surface area contributed by atoms with Gasteiger partial charge in [-0.25, -0.2) is 0 Å². The van der Waals surface area contributed by atoms with E-state index in [2.05, 4.69) is 5.32 Å². The summed E-state index contributed by atoms with van der Waals surface area (Å²) in [5, 5.41) is 2.61. The highest BCUT2D eigenvalue weighted by Crippen LogP contribution is 2.28. The lowest BCUT2D eigenvalue weighted by Gasteiger charge is -2.44. The van der Waals surface area contributed by atoms with Gasteiger partial charge in [-0.2, -0.15) is 0 Å². The highest BCUT2D eigenvalue weighted by molar-refractivity contribution is 5.73. The molecule has 33 heavy (non-hydrogen) atoms. The molecule has 0 bridgehead atoms. The van der Waals surface area contributed by atoms with Gasteiger partial charge in [0.25, 0.3) is 0 Å². The SMILES string of the molecule is CC(=O)N[C@@H]1[C@H](OCCOCCOCCN)O[C@@H](COC(C)=O)[C@H](OC(C)=O)[C@@H]1OC(C)=O. The molecule has 190 valence electrons. The normalized spacial score (nSPS) is 24.6. The summed E-state index contributed by atoms with van der Waals surface area (Å²) in [6, 6.07) is -1.02. The standard InChI is InChI=1S/C20H34N2O11/c1-12(23)22-17-19(32-15(4)26)18(31-14(3)25)16(11-30-13(2)24)33-20(17)29-10-9-28-8-7-27-6-5-21/h16-20H,5-11,21H2,1-4H3,(H,22,23)/t16-,17-,18-,19+,20+/m0/s1. The second-order valence-corrected chi connectivity index (χ2v) is 7.10. The van der Waals surface area contributed by atoms with Crippen molar-refractivity contribution < 1.29 is 52.3 Å². The fraction of sp³-hybridized carbons (Fsp3) is 0.800. The second-order valence-electron chi connectivity index (χ2n) is 7.10. The fourth-order valence-corrected chi connectivity index (χ4v) is 3.06. The van der Waals surface area contributed by atoms with Crippen molar-refractivity contribution in [2.45, 2.75) is 58.3 Å². The molecule has 13 nitrogen and oxygen atoms in total. The predicted octanol–water partition coefficient (Wildman–Crippen LogP) is -1.35. The van der Waals surface area contributed by atoms with Gasteiger partial charge >= 0.3 is 17.9 Å². The molecule has 0 aliphatic carbocycles. The molecule has 1 heterocycles. The number of carbonyl (C=O) groups excluding carboxylic acids is 4. The Balaban J connectivity index is 2.95. The number of rotatable bonds is 14. The molecule has 5 atom stereocenters. The van der Waals surface area contributed by atoms with Gasteiger partial charge in [0.2, 0.25) is 5.91 Å². The largest absolute Gasteiger partial charge is 0.463 e. The number of hydrogen-bond donors (Lipinski definition) is 2. The monoisotopic (exact) mass is 478 g/mol. The third-order valence-corrected chi connectivity index (χ3v) is 4.22. The van der Waals surface area contributed by atoms with Crippen LogP contribution < -0.4 is 11.1 Å². The summed E-state index contributed by atoms with van der Waals surface area (Å²) in [5.41, 5.74) is 5.33. The molecule has 1 rings (SSSR count). The van der Waals surface area contributed by atoms with E-state index >= 15 is 0 Å². The van der Waals surface area contributed by atoms with Crippen molar-refractivity contribution in [3.05, 3.63) is 0 Å². The number of hydrogen-bond acceptors (Lipinski definition) is 12. The van der Waals surface area contributed by atoms with E-state index in [1.807, 2.05) is 0 Å². The minimum atomic E-state index is -1.17. The van der Waals surface area contributed by atoms with Gasteiger partial charge in [-0.05, 0) is 0 Å². The molecule has 1 amide bonds. The lowest BCUT2D eigenvalue weighted by atomic mass is 9.96. The van der Waals surface area contributed by atoms with Crippen molar-refractivity contribution in [1.82, 2.24) is 5.32 Å². The number of ether oxygens (including phenoxy) is 7. The van der Waals surface area contributed by atoms with Gasteiger partial charge < -0.3 is 44.2 Å². The Morgan fingerprint density at radius 3 is 1.94 bits per heavy atom. The van der Waals surface area contributed by atoms with Crippen molar-refractivity contribution in [2.75, 3.05) is 46.2 Å². The van der Waals surface area contributed by atoms with Crippen LogP contribution in [0.5, 0.6) is 0 Å². The average Bonchev–Trinajstić information content (AvgIpc) is 2.71. The van der Waals surface area contributed by atoms with Crippen molar-refractivity contribution in [2.24, 2.45) is 5.73 Å². The molecule has 0 radical (unpaired) electrons. The smallest absolute Gasteiger partial charge is 0.303 e. The van der Waals surface area contributed by atoms with E-state index < -0.39 is 54.5 Å². The molecule has 0 aromatic heterocycles. The predicted molar refractivity (Wildman–Crippen MR) is 111 cm³/mol. The number of amides is 1. The van der Waals surface area contributed by atoms with Crippen molar-refractivity contribution in [3.63, 3.8) is 0 Å². The minimum absolute atomic E-state index is 0.0585. The first-order valence-corrected chi connectivity index (χ1v) is 10.5. The van der Waals surface area contributed by atoms with Gasteiger partial charge in [-0.1, -0.05) is 0 Å². The van der Waals surface area contributed by atoms with E-state index in [0.717, 1.165) is 6.92 Å². The van der Waals surface area contributed by atoms with Gasteiger partial charge in [-0.3, -0.25) is 19.2 Å². The molecule has 13 heteroatoms. The van der Waals surface area contributed by atoms with Crippen LogP contribution in [-0.2, 0) is 52.3 Å². The number of carbonyl (C=O) groups is 4. The third kappa shape index (κ3) is 11.4. The summed E-state index contributed by atoms with van der Waals surface area (Å²) in [5.74, 6) is -2.40. The maximum Gasteiger partial charge on any atom is 0.303 e. The Bertz CT molecular complexity index is 646. The summed E-state index contributed by atoms with van der Waals surface area (Å²) in [7, 11) is 0. The fourth-order valence-electron chi connectivity index (χ4n) is 3.06. The Morgan fingerprint density at radius 2 is 1.39 bits per heavy atom. The molecular formula is C20H34N2O11. The molecular weight excluding hydrogens is 444 g/mol. The Hall–Kier alpha value is -2.32. The molecule has 0 aromatic carbocycles. The average molecular weight is 478 g/mol. The Morgan fingerprint density at radius 1 is 0.818 bits per heavy atom. The van der Waals surface area contributed by atoms with Crippen LogP contribution in [0.2, 0.25) is 0 Å². The summed E-state index contributed by atoms with van der Waals surface area (Å²) >= 11 is 0. The van der Waals surface area contributed by atoms with Gasteiger partial charge in [0.05, 0.1) is 33.0 Å². The maximum atomic E-state index is 11.8. The topological polar surface area (TPSA) is 171 Å². The van der Waals surface area contributed by atoms with E-state index in [1.54, 1.807) is 0 Å². The zero-order valence-electron chi connectivity index (χ0n) is 19.4. The number of nitrogens with two attached hydrogens (primary N) is 1. The van der Waals surface area contributed by atoms with Crippen LogP contribution in [0, 0.1) is 0 Å². The van der Waals surface area contributed by atoms with Gasteiger partial charge in [0.1, 0.15) is 18.8 Å². The minimum Gasteiger partial charge on any atom is -0.463 e. The van der Waals surface area contributed by atoms with Crippen LogP contribution >= 0.6 is 0 Å². The Kier molecular flexibility index (Phi) is 13.5. The lowest BCUT2D eigenvalue weighted by Crippen LogP contribution is -2.66. The van der Waals surface area contributed by atoms with Gasteiger partial charge in [-0.15, -0.1) is 0 Å². The van der Waals surface area contributed by atoms with Crippen LogP contribution in [0.3, 0.4) is 0 Å². The third-order valence-electron chi connectivity index (χ3n) is 4.22. The van der Waals surface area contributed by atoms with Crippen LogP contribution in [0.25, 0.3) is 0 Å². The quantitative estimate of drug-likeness (QED) is 0.171. The molecule has 1 fully saturated rings. The molecule has 1 aliphatic rings. The van der Waals surface area contributed by atoms with Gasteiger partial charge in [0.15, 0.2) is 18.5 Å². The van der Waals surface area contributed by atoms with Gasteiger partial charge in [0, 0.05) is 34.2 Å². The highest BCUT2D eigenvalue weighted by Gasteiger charge is 2.51. The summed E-state index contributed by atoms with van der Waals surface area (Å²) in [4.78, 5) is 46.6. The molecule has 0 aromatic rings. The van der Waals surface area contributed by atoms with E-state index in [9.17, 15) is 19.2 Å². The first-order chi connectivity index (χ1) is 15.6. The van der Waals surface area contributed by atoms with E-state index in [-0.39, 0.29) is 19.8 Å². The van der Waals surface area contributed by atoms with Crippen LogP contribution in [0.15, 0.2) is 0 Å². The maximum absolute atomic E-state index is 11.8. The number of nitrogens with one attached hydrogen (secondary N) is 1. The molecule has 1 saturated heterocycles. The van der Waals surface area contributed by atoms with Crippen molar-refractivity contribution >= 4 is 23.8 Å². The van der Waals surface area contributed by atoms with Crippen LogP contribution in [0.4, 0.5) is 0 Å². The molecule has 0 spiro atoms. The Labute approximate surface area is 192 Å². The molecule has 0 unspecified atom stereocenters. The summed E-state index contributed by atoms with van der Waals surface area (Å²) < 4.78 is 37.9. The number of esters is 3. The molecule has 0 saturated carbocycles. The van der Waals surface area contributed by atoms with E-state index in [1.165, 1.54) is 20.8 Å². The zero-order chi connectivity index (χ0) is 24.8. The molecule has 1 aliphatic heterocycles. The lowest BCUT2D eigenvalue weighted by molar-refractivity contribution is -0.279. The van der Waals surface area contributed by atoms with Crippen molar-refractivity contribution in [3.8, 4) is 0 Å². The van der Waals surface area contributed by atoms with Crippen LogP contribution in [0.1, 0.15) is 27.7 Å². The second kappa shape index (κ2) is 15.5. The zero-order valence-corrected chi connectivity index (χ0v) is 19.4. The van der Waals surface area contributed by atoms with Crippen LogP contribution in [-0.4, -0.2) is 101 Å². The van der Waals surface area contributed by atoms with E-state index in [0.29, 0.717) is 26.4 Å². The summed E-state index contributed by atoms with van der Waals surface area (Å²) in [6.45, 7) is 6.28. The van der Waals surface area contributed by atoms with Crippen molar-refractivity contribution in [1.29, 1.82) is 0 Å². The molecule has 3 N–H and O–H groups in total.